The lowest BCUT2D eigenvalue weighted by Gasteiger charge is -2.20. The van der Waals surface area contributed by atoms with Crippen LogP contribution >= 0.6 is 35.0 Å². The third-order valence-corrected chi connectivity index (χ3v) is 6.59. The first-order chi connectivity index (χ1) is 16.5. The van der Waals surface area contributed by atoms with Crippen LogP contribution in [0.1, 0.15) is 16.7 Å². The largest absolute Gasteiger partial charge is 0.487 e. The Morgan fingerprint density at radius 3 is 2.71 bits per heavy atom. The van der Waals surface area contributed by atoms with Crippen molar-refractivity contribution in [2.45, 2.75) is 6.61 Å². The van der Waals surface area contributed by atoms with Crippen molar-refractivity contribution in [3.63, 3.8) is 0 Å². The summed E-state index contributed by atoms with van der Waals surface area (Å²) in [6.07, 6.45) is 4.90. The van der Waals surface area contributed by atoms with E-state index >= 15 is 0 Å². The number of carbonyl (C=O) groups excluding carboxylic acids is 1. The molecule has 0 spiro atoms. The fourth-order valence-corrected chi connectivity index (χ4v) is 4.57. The van der Waals surface area contributed by atoms with E-state index in [2.05, 4.69) is 15.1 Å². The molecule has 0 saturated carbocycles. The van der Waals surface area contributed by atoms with E-state index in [0.717, 1.165) is 11.1 Å². The van der Waals surface area contributed by atoms with Crippen LogP contribution in [0.4, 0.5) is 0 Å². The zero-order valence-corrected chi connectivity index (χ0v) is 19.7. The van der Waals surface area contributed by atoms with Crippen molar-refractivity contribution in [3.8, 4) is 5.75 Å². The Morgan fingerprint density at radius 1 is 1.09 bits per heavy atom. The van der Waals surface area contributed by atoms with Gasteiger partial charge in [0.25, 0.3) is 5.91 Å². The minimum atomic E-state index is -0.512. The molecule has 0 bridgehead atoms. The average molecular weight is 508 g/mol. The van der Waals surface area contributed by atoms with Crippen molar-refractivity contribution >= 4 is 63.0 Å². The van der Waals surface area contributed by atoms with Crippen LogP contribution in [0, 0.1) is 5.41 Å². The average Bonchev–Trinajstić information content (AvgIpc) is 3.27. The van der Waals surface area contributed by atoms with E-state index in [1.165, 1.54) is 16.8 Å². The molecule has 168 valence electrons. The number of ether oxygens (including phenoxy) is 1. The number of aliphatic imine (C=N–C) groups is 1. The first-order valence-corrected chi connectivity index (χ1v) is 11.6. The number of thioether (sulfide) groups is 1. The molecule has 10 heteroatoms. The molecule has 34 heavy (non-hydrogen) atoms. The molecule has 1 N–H and O–H groups in total. The van der Waals surface area contributed by atoms with Gasteiger partial charge in [0.2, 0.25) is 5.17 Å². The van der Waals surface area contributed by atoms with Gasteiger partial charge in [-0.3, -0.25) is 15.2 Å². The molecule has 7 nitrogen and oxygen atoms in total. The number of aromatic nitrogens is 1. The van der Waals surface area contributed by atoms with E-state index in [-0.39, 0.29) is 18.0 Å². The van der Waals surface area contributed by atoms with Gasteiger partial charge in [0.15, 0.2) is 5.84 Å². The summed E-state index contributed by atoms with van der Waals surface area (Å²) in [4.78, 5) is 20.9. The number of hydrazone groups is 1. The minimum absolute atomic E-state index is 0.0587. The summed E-state index contributed by atoms with van der Waals surface area (Å²) in [5.74, 6) is -0.0890. The van der Waals surface area contributed by atoms with Crippen molar-refractivity contribution in [1.29, 1.82) is 5.41 Å². The smallest absolute Gasteiger partial charge is 0.283 e. The molecule has 3 heterocycles. The fourth-order valence-electron chi connectivity index (χ4n) is 3.26. The Bertz CT molecular complexity index is 1410. The highest BCUT2D eigenvalue weighted by molar-refractivity contribution is 8.27. The standard InChI is InChI=1S/C24H15Cl2N5O2S/c25-18-6-2-1-4-16(18)13-33-20-8-7-14(11-19(20)26)10-17-21(27)31-24(29-22(17)32)34-23(30-31)15-5-3-9-28-12-15/h1-12,27H,13H2. The first-order valence-electron chi connectivity index (χ1n) is 10.1. The van der Waals surface area contributed by atoms with E-state index in [4.69, 9.17) is 33.3 Å². The van der Waals surface area contributed by atoms with Crippen LogP contribution in [-0.4, -0.2) is 31.9 Å². The van der Waals surface area contributed by atoms with Gasteiger partial charge in [-0.2, -0.15) is 15.1 Å². The molecule has 2 aliphatic heterocycles. The molecule has 1 amide bonds. The summed E-state index contributed by atoms with van der Waals surface area (Å²) in [6, 6.07) is 16.2. The SMILES string of the molecule is N=C1C(=Cc2ccc(OCc3ccccc3Cl)c(Cl)c2)C(=O)N=C2SC(c3cccnc3)=NN12. The van der Waals surface area contributed by atoms with Crippen molar-refractivity contribution in [2.75, 3.05) is 0 Å². The van der Waals surface area contributed by atoms with E-state index in [1.54, 1.807) is 48.8 Å². The van der Waals surface area contributed by atoms with Crippen LogP contribution in [0.2, 0.25) is 10.0 Å². The van der Waals surface area contributed by atoms with Crippen LogP contribution < -0.4 is 4.74 Å². The summed E-state index contributed by atoms with van der Waals surface area (Å²) in [7, 11) is 0. The molecule has 0 atom stereocenters. The van der Waals surface area contributed by atoms with Gasteiger partial charge in [0, 0.05) is 28.5 Å². The van der Waals surface area contributed by atoms with Gasteiger partial charge in [-0.05, 0) is 53.7 Å². The fraction of sp³-hybridized carbons (Fsp3) is 0.0417. The van der Waals surface area contributed by atoms with Crippen LogP contribution in [-0.2, 0) is 11.4 Å². The molecule has 0 aliphatic carbocycles. The predicted octanol–water partition coefficient (Wildman–Crippen LogP) is 5.63. The second kappa shape index (κ2) is 9.42. The molecule has 5 rings (SSSR count). The van der Waals surface area contributed by atoms with Gasteiger partial charge in [-0.25, -0.2) is 0 Å². The van der Waals surface area contributed by atoms with Crippen molar-refractivity contribution in [1.82, 2.24) is 9.99 Å². The van der Waals surface area contributed by atoms with Crippen LogP contribution in [0.25, 0.3) is 6.08 Å². The van der Waals surface area contributed by atoms with Gasteiger partial charge < -0.3 is 4.74 Å². The molecular weight excluding hydrogens is 493 g/mol. The topological polar surface area (TPSA) is 91.0 Å². The maximum Gasteiger partial charge on any atom is 0.283 e. The lowest BCUT2D eigenvalue weighted by atomic mass is 10.1. The highest BCUT2D eigenvalue weighted by Gasteiger charge is 2.36. The number of halogens is 2. The summed E-state index contributed by atoms with van der Waals surface area (Å²) in [6.45, 7) is 0.268. The molecule has 0 saturated heterocycles. The Balaban J connectivity index is 1.36. The van der Waals surface area contributed by atoms with Gasteiger partial charge in [0.1, 0.15) is 17.4 Å². The van der Waals surface area contributed by atoms with Crippen molar-refractivity contribution in [3.05, 3.63) is 99.3 Å². The zero-order chi connectivity index (χ0) is 23.7. The number of rotatable bonds is 5. The maximum atomic E-state index is 12.7. The normalized spacial score (nSPS) is 16.4. The maximum absolute atomic E-state index is 12.7. The molecule has 2 aromatic carbocycles. The van der Waals surface area contributed by atoms with E-state index in [9.17, 15) is 4.79 Å². The third kappa shape index (κ3) is 4.48. The number of fused-ring (bicyclic) bond motifs is 1. The molecule has 1 aromatic heterocycles. The Labute approximate surface area is 209 Å². The summed E-state index contributed by atoms with van der Waals surface area (Å²) < 4.78 is 5.80. The highest BCUT2D eigenvalue weighted by Crippen LogP contribution is 2.32. The van der Waals surface area contributed by atoms with Crippen molar-refractivity contribution in [2.24, 2.45) is 10.1 Å². The lowest BCUT2D eigenvalue weighted by Crippen LogP contribution is -2.35. The van der Waals surface area contributed by atoms with E-state index < -0.39 is 5.91 Å². The molecule has 0 unspecified atom stereocenters. The minimum Gasteiger partial charge on any atom is -0.487 e. The lowest BCUT2D eigenvalue weighted by molar-refractivity contribution is -0.114. The third-order valence-electron chi connectivity index (χ3n) is 4.97. The molecule has 0 fully saturated rings. The Kier molecular flexibility index (Phi) is 6.19. The number of nitrogens with zero attached hydrogens (tertiary/aromatic N) is 4. The van der Waals surface area contributed by atoms with Crippen LogP contribution in [0.15, 0.2) is 82.7 Å². The summed E-state index contributed by atoms with van der Waals surface area (Å²) in [5, 5.41) is 16.3. The number of amidine groups is 2. The van der Waals surface area contributed by atoms with Crippen LogP contribution in [0.5, 0.6) is 5.75 Å². The Morgan fingerprint density at radius 2 is 1.94 bits per heavy atom. The zero-order valence-electron chi connectivity index (χ0n) is 17.4. The second-order valence-electron chi connectivity index (χ2n) is 7.24. The molecule has 0 radical (unpaired) electrons. The van der Waals surface area contributed by atoms with Gasteiger partial charge >= 0.3 is 0 Å². The van der Waals surface area contributed by atoms with E-state index in [0.29, 0.717) is 31.6 Å². The number of hydrogen-bond donors (Lipinski definition) is 1. The summed E-state index contributed by atoms with van der Waals surface area (Å²) >= 11 is 13.8. The quantitative estimate of drug-likeness (QED) is 0.451. The Hall–Kier alpha value is -3.46. The van der Waals surface area contributed by atoms with Crippen molar-refractivity contribution < 1.29 is 9.53 Å². The highest BCUT2D eigenvalue weighted by atomic mass is 35.5. The number of hydrogen-bond acceptors (Lipinski definition) is 6. The number of amides is 1. The first kappa shape index (κ1) is 22.3. The van der Waals surface area contributed by atoms with Gasteiger partial charge in [-0.1, -0.05) is 47.5 Å². The van der Waals surface area contributed by atoms with Gasteiger partial charge in [-0.15, -0.1) is 0 Å². The summed E-state index contributed by atoms with van der Waals surface area (Å²) in [5.41, 5.74) is 2.37. The number of pyridine rings is 1. The predicted molar refractivity (Wildman–Crippen MR) is 136 cm³/mol. The molecule has 2 aliphatic rings. The van der Waals surface area contributed by atoms with Crippen LogP contribution in [0.3, 0.4) is 0 Å². The van der Waals surface area contributed by atoms with Gasteiger partial charge in [0.05, 0.1) is 10.6 Å². The number of benzene rings is 2. The molecular formula is C24H15Cl2N5O2S. The van der Waals surface area contributed by atoms with E-state index in [1.807, 2.05) is 24.3 Å². The monoisotopic (exact) mass is 507 g/mol. The number of carbonyl (C=O) groups is 1. The number of nitrogens with one attached hydrogen (secondary N) is 1. The second-order valence-corrected chi connectivity index (χ2v) is 9.01. The molecule has 3 aromatic rings.